The lowest BCUT2D eigenvalue weighted by molar-refractivity contribution is -0.119. The summed E-state index contributed by atoms with van der Waals surface area (Å²) < 4.78 is 2.35. The van der Waals surface area contributed by atoms with Gasteiger partial charge in [-0.05, 0) is 30.7 Å². The minimum absolute atomic E-state index is 0.0650. The van der Waals surface area contributed by atoms with Crippen LogP contribution in [0.25, 0.3) is 10.2 Å². The maximum Gasteiger partial charge on any atom is 0.250 e. The van der Waals surface area contributed by atoms with E-state index in [-0.39, 0.29) is 12.5 Å². The number of carbonyl (C=O) groups excluding carboxylic acids is 1. The summed E-state index contributed by atoms with van der Waals surface area (Å²) in [6.45, 7) is 2.35. The van der Waals surface area contributed by atoms with E-state index < -0.39 is 0 Å². The number of carbonyl (C=O) groups is 1. The molecule has 0 atom stereocenters. The highest BCUT2D eigenvalue weighted by Gasteiger charge is 2.22. The normalized spacial score (nSPS) is 11.0. The number of hydrogen-bond acceptors (Lipinski definition) is 6. The van der Waals surface area contributed by atoms with Crippen molar-refractivity contribution in [2.24, 2.45) is 0 Å². The van der Waals surface area contributed by atoms with Crippen molar-refractivity contribution >= 4 is 44.2 Å². The molecule has 0 bridgehead atoms. The van der Waals surface area contributed by atoms with Gasteiger partial charge in [-0.2, -0.15) is 5.10 Å². The number of aryl methyl sites for hydroxylation is 1. The molecule has 0 fully saturated rings. The maximum absolute atomic E-state index is 13.0. The minimum Gasteiger partial charge on any atom is -0.280 e. The summed E-state index contributed by atoms with van der Waals surface area (Å²) in [4.78, 5) is 27.5. The number of aromatic nitrogens is 5. The Morgan fingerprint density at radius 3 is 2.89 bits per heavy atom. The van der Waals surface area contributed by atoms with Crippen LogP contribution in [-0.2, 0) is 17.9 Å². The van der Waals surface area contributed by atoms with Crippen LogP contribution < -0.4 is 4.90 Å². The van der Waals surface area contributed by atoms with Crippen molar-refractivity contribution in [3.8, 4) is 0 Å². The molecule has 0 saturated carbocycles. The molecule has 27 heavy (non-hydrogen) atoms. The SMILES string of the molecule is Cc1ccc(Cl)c2sc(N(Cc3ccccn3)C(=O)Cn3cncn3)nc12. The topological polar surface area (TPSA) is 76.8 Å². The van der Waals surface area contributed by atoms with Crippen LogP contribution >= 0.6 is 22.9 Å². The Bertz CT molecular complexity index is 1040. The van der Waals surface area contributed by atoms with Crippen molar-refractivity contribution in [2.75, 3.05) is 4.90 Å². The van der Waals surface area contributed by atoms with Crippen LogP contribution in [0.15, 0.2) is 49.2 Å². The van der Waals surface area contributed by atoms with Crippen LogP contribution in [0.4, 0.5) is 5.13 Å². The zero-order valence-corrected chi connectivity index (χ0v) is 16.0. The average molecular weight is 399 g/mol. The van der Waals surface area contributed by atoms with E-state index in [1.807, 2.05) is 37.3 Å². The number of halogens is 1. The number of rotatable bonds is 5. The molecule has 0 aliphatic carbocycles. The molecule has 0 saturated heterocycles. The van der Waals surface area contributed by atoms with Gasteiger partial charge in [0.1, 0.15) is 19.2 Å². The summed E-state index contributed by atoms with van der Waals surface area (Å²) in [5, 5.41) is 5.22. The van der Waals surface area contributed by atoms with Crippen LogP contribution in [0.1, 0.15) is 11.3 Å². The summed E-state index contributed by atoms with van der Waals surface area (Å²) in [6.07, 6.45) is 4.61. The molecule has 0 spiro atoms. The number of thiazole rings is 1. The molecular formula is C18H15ClN6OS. The minimum atomic E-state index is -0.154. The second-order valence-corrected chi connectivity index (χ2v) is 7.32. The van der Waals surface area contributed by atoms with Crippen LogP contribution in [0.5, 0.6) is 0 Å². The van der Waals surface area contributed by atoms with Gasteiger partial charge in [-0.25, -0.2) is 14.6 Å². The highest BCUT2D eigenvalue weighted by atomic mass is 35.5. The lowest BCUT2D eigenvalue weighted by Gasteiger charge is -2.19. The first kappa shape index (κ1) is 17.6. The predicted molar refractivity (Wildman–Crippen MR) is 105 cm³/mol. The first-order valence-corrected chi connectivity index (χ1v) is 9.39. The van der Waals surface area contributed by atoms with Crippen molar-refractivity contribution in [2.45, 2.75) is 20.0 Å². The van der Waals surface area contributed by atoms with Gasteiger partial charge in [0.25, 0.3) is 5.91 Å². The van der Waals surface area contributed by atoms with Gasteiger partial charge < -0.3 is 0 Å². The number of hydrogen-bond donors (Lipinski definition) is 0. The van der Waals surface area contributed by atoms with Crippen molar-refractivity contribution in [1.29, 1.82) is 0 Å². The number of amides is 1. The molecule has 1 aromatic carbocycles. The third kappa shape index (κ3) is 3.67. The molecule has 7 nitrogen and oxygen atoms in total. The molecule has 3 heterocycles. The van der Waals surface area contributed by atoms with Gasteiger partial charge in [0, 0.05) is 6.20 Å². The molecule has 0 aliphatic heterocycles. The monoisotopic (exact) mass is 398 g/mol. The lowest BCUT2D eigenvalue weighted by atomic mass is 10.2. The fourth-order valence-electron chi connectivity index (χ4n) is 2.66. The lowest BCUT2D eigenvalue weighted by Crippen LogP contribution is -2.33. The van der Waals surface area contributed by atoms with Gasteiger partial charge in [-0.3, -0.25) is 14.7 Å². The van der Waals surface area contributed by atoms with Crippen LogP contribution in [-0.4, -0.2) is 30.6 Å². The molecule has 0 unspecified atom stereocenters. The van der Waals surface area contributed by atoms with E-state index in [4.69, 9.17) is 11.6 Å². The standard InChI is InChI=1S/C18H15ClN6OS/c1-12-5-6-14(19)17-16(12)23-18(27-17)25(8-13-4-2-3-7-21-13)15(26)9-24-11-20-10-22-24/h2-7,10-11H,8-9H2,1H3. The van der Waals surface area contributed by atoms with Crippen LogP contribution in [0, 0.1) is 6.92 Å². The molecule has 4 rings (SSSR count). The zero-order chi connectivity index (χ0) is 18.8. The summed E-state index contributed by atoms with van der Waals surface area (Å²) in [5.74, 6) is -0.154. The Hall–Kier alpha value is -2.84. The number of fused-ring (bicyclic) bond motifs is 1. The molecule has 4 aromatic rings. The highest BCUT2D eigenvalue weighted by Crippen LogP contribution is 2.36. The number of benzene rings is 1. The van der Waals surface area contributed by atoms with E-state index in [1.54, 1.807) is 11.1 Å². The van der Waals surface area contributed by atoms with Gasteiger partial charge in [-0.1, -0.05) is 35.1 Å². The van der Waals surface area contributed by atoms with Crippen molar-refractivity contribution in [3.63, 3.8) is 0 Å². The van der Waals surface area contributed by atoms with E-state index in [1.165, 1.54) is 28.7 Å². The summed E-state index contributed by atoms with van der Waals surface area (Å²) in [6, 6.07) is 9.38. The van der Waals surface area contributed by atoms with Gasteiger partial charge in [0.05, 0.1) is 27.5 Å². The largest absolute Gasteiger partial charge is 0.280 e. The Kier molecular flexibility index (Phi) is 4.83. The van der Waals surface area contributed by atoms with Crippen molar-refractivity contribution in [1.82, 2.24) is 24.7 Å². The molecule has 0 aliphatic rings. The van der Waals surface area contributed by atoms with Crippen LogP contribution in [0.2, 0.25) is 5.02 Å². The van der Waals surface area contributed by atoms with Gasteiger partial charge in [0.2, 0.25) is 0 Å². The number of nitrogens with zero attached hydrogens (tertiary/aromatic N) is 6. The quantitative estimate of drug-likeness (QED) is 0.514. The molecule has 1 amide bonds. The third-order valence-electron chi connectivity index (χ3n) is 4.03. The smallest absolute Gasteiger partial charge is 0.250 e. The first-order chi connectivity index (χ1) is 13.1. The van der Waals surface area contributed by atoms with Crippen molar-refractivity contribution in [3.05, 3.63) is 65.5 Å². The molecule has 0 radical (unpaired) electrons. The van der Waals surface area contributed by atoms with E-state index in [9.17, 15) is 4.79 Å². The predicted octanol–water partition coefficient (Wildman–Crippen LogP) is 3.48. The molecule has 3 aromatic heterocycles. The average Bonchev–Trinajstić information content (AvgIpc) is 3.34. The van der Waals surface area contributed by atoms with E-state index >= 15 is 0 Å². The molecule has 0 N–H and O–H groups in total. The second-order valence-electron chi connectivity index (χ2n) is 5.93. The summed E-state index contributed by atoms with van der Waals surface area (Å²) in [7, 11) is 0. The first-order valence-electron chi connectivity index (χ1n) is 8.20. The Morgan fingerprint density at radius 2 is 2.19 bits per heavy atom. The third-order valence-corrected chi connectivity index (χ3v) is 5.57. The fourth-order valence-corrected chi connectivity index (χ4v) is 3.99. The van der Waals surface area contributed by atoms with Gasteiger partial charge in [0.15, 0.2) is 5.13 Å². The number of pyridine rings is 1. The molecule has 9 heteroatoms. The van der Waals surface area contributed by atoms with Crippen LogP contribution in [0.3, 0.4) is 0 Å². The zero-order valence-electron chi connectivity index (χ0n) is 14.4. The summed E-state index contributed by atoms with van der Waals surface area (Å²) >= 11 is 7.73. The number of anilines is 1. The Morgan fingerprint density at radius 1 is 1.30 bits per heavy atom. The fraction of sp³-hybridized carbons (Fsp3) is 0.167. The Labute approximate surface area is 164 Å². The Balaban J connectivity index is 1.74. The summed E-state index contributed by atoms with van der Waals surface area (Å²) in [5.41, 5.74) is 2.59. The van der Waals surface area contributed by atoms with E-state index in [0.717, 1.165) is 21.5 Å². The highest BCUT2D eigenvalue weighted by molar-refractivity contribution is 7.23. The maximum atomic E-state index is 13.0. The van der Waals surface area contributed by atoms with E-state index in [0.29, 0.717) is 16.7 Å². The van der Waals surface area contributed by atoms with Crippen molar-refractivity contribution < 1.29 is 4.79 Å². The van der Waals surface area contributed by atoms with E-state index in [2.05, 4.69) is 20.1 Å². The molecule has 136 valence electrons. The molecular weight excluding hydrogens is 384 g/mol. The second kappa shape index (κ2) is 7.42. The van der Waals surface area contributed by atoms with Gasteiger partial charge >= 0.3 is 0 Å². The van der Waals surface area contributed by atoms with Gasteiger partial charge in [-0.15, -0.1) is 0 Å².